The van der Waals surface area contributed by atoms with Crippen LogP contribution >= 0.6 is 0 Å². The molecule has 1 aliphatic carbocycles. The molecule has 3 aromatic carbocycles. The van der Waals surface area contributed by atoms with Gasteiger partial charge in [0.25, 0.3) is 0 Å². The molecule has 0 radical (unpaired) electrons. The molecule has 4 rings (SSSR count). The second-order valence-corrected chi connectivity index (χ2v) is 5.88. The Kier molecular flexibility index (Phi) is 1.98. The first-order valence-electron chi connectivity index (χ1n) is 6.82. The van der Waals surface area contributed by atoms with E-state index in [9.17, 15) is 0 Å². The maximum atomic E-state index is 2.33. The summed E-state index contributed by atoms with van der Waals surface area (Å²) in [6.45, 7) is 4.65. The van der Waals surface area contributed by atoms with Crippen LogP contribution in [0.2, 0.25) is 0 Å². The summed E-state index contributed by atoms with van der Waals surface area (Å²) < 4.78 is 0. The van der Waals surface area contributed by atoms with Crippen LogP contribution in [-0.4, -0.2) is 0 Å². The van der Waals surface area contributed by atoms with Crippen molar-refractivity contribution < 1.29 is 0 Å². The van der Waals surface area contributed by atoms with Gasteiger partial charge in [0, 0.05) is 5.41 Å². The summed E-state index contributed by atoms with van der Waals surface area (Å²) in [6.07, 6.45) is 0. The highest BCUT2D eigenvalue weighted by atomic mass is 14.4. The smallest absolute Gasteiger partial charge is 0.0159 e. The Hall–Kier alpha value is -2.08. The van der Waals surface area contributed by atoms with Crippen LogP contribution in [0, 0.1) is 0 Å². The van der Waals surface area contributed by atoms with Crippen molar-refractivity contribution in [1.29, 1.82) is 0 Å². The van der Waals surface area contributed by atoms with E-state index in [0.29, 0.717) is 0 Å². The second kappa shape index (κ2) is 3.48. The van der Waals surface area contributed by atoms with Gasteiger partial charge >= 0.3 is 0 Å². The third-order valence-electron chi connectivity index (χ3n) is 4.47. The Morgan fingerprint density at radius 1 is 0.684 bits per heavy atom. The van der Waals surface area contributed by atoms with Crippen molar-refractivity contribution in [3.63, 3.8) is 0 Å². The third-order valence-corrected chi connectivity index (χ3v) is 4.47. The zero-order valence-corrected chi connectivity index (χ0v) is 11.3. The predicted molar refractivity (Wildman–Crippen MR) is 81.5 cm³/mol. The van der Waals surface area contributed by atoms with Gasteiger partial charge in [-0.1, -0.05) is 74.5 Å². The number of hydrogen-bond acceptors (Lipinski definition) is 0. The Balaban J connectivity index is 2.22. The lowest BCUT2D eigenvalue weighted by atomic mass is 9.82. The van der Waals surface area contributed by atoms with Crippen molar-refractivity contribution in [2.45, 2.75) is 19.3 Å². The van der Waals surface area contributed by atoms with Crippen LogP contribution in [0.1, 0.15) is 25.0 Å². The summed E-state index contributed by atoms with van der Waals surface area (Å²) in [5, 5.41) is 2.70. The molecule has 0 spiro atoms. The van der Waals surface area contributed by atoms with Crippen molar-refractivity contribution in [2.24, 2.45) is 0 Å². The molecule has 0 fully saturated rings. The first kappa shape index (κ1) is 10.8. The lowest BCUT2D eigenvalue weighted by Gasteiger charge is -2.21. The van der Waals surface area contributed by atoms with Crippen molar-refractivity contribution >= 4 is 10.8 Å². The first-order valence-corrected chi connectivity index (χ1v) is 6.82. The molecule has 0 saturated heterocycles. The molecule has 0 amide bonds. The highest BCUT2D eigenvalue weighted by Crippen LogP contribution is 2.50. The maximum absolute atomic E-state index is 2.33. The first-order chi connectivity index (χ1) is 9.19. The molecule has 1 aliphatic rings. The van der Waals surface area contributed by atoms with Gasteiger partial charge in [0.2, 0.25) is 0 Å². The molecule has 0 nitrogen and oxygen atoms in total. The molecule has 0 aliphatic heterocycles. The van der Waals surface area contributed by atoms with E-state index in [2.05, 4.69) is 74.5 Å². The number of fused-ring (bicyclic) bond motifs is 5. The van der Waals surface area contributed by atoms with E-state index < -0.39 is 0 Å². The Morgan fingerprint density at radius 2 is 1.42 bits per heavy atom. The molecule has 0 heteroatoms. The summed E-state index contributed by atoms with van der Waals surface area (Å²) in [4.78, 5) is 0. The fourth-order valence-corrected chi connectivity index (χ4v) is 3.47. The lowest BCUT2D eigenvalue weighted by Crippen LogP contribution is -2.14. The van der Waals surface area contributed by atoms with Gasteiger partial charge < -0.3 is 0 Å². The van der Waals surface area contributed by atoms with Gasteiger partial charge in [-0.25, -0.2) is 0 Å². The van der Waals surface area contributed by atoms with Gasteiger partial charge in [-0.3, -0.25) is 0 Å². The highest BCUT2D eigenvalue weighted by molar-refractivity contribution is 6.02. The van der Waals surface area contributed by atoms with Crippen LogP contribution in [0.4, 0.5) is 0 Å². The second-order valence-electron chi connectivity index (χ2n) is 5.88. The van der Waals surface area contributed by atoms with Crippen LogP contribution < -0.4 is 0 Å². The standard InChI is InChI=1S/C19H16/c1-19(2)16-10-6-5-9-15(16)18-14-8-4-3-7-13(14)11-12-17(18)19/h3-12H,1-2H3. The van der Waals surface area contributed by atoms with Gasteiger partial charge in [0.15, 0.2) is 0 Å². The Morgan fingerprint density at radius 3 is 2.32 bits per heavy atom. The van der Waals surface area contributed by atoms with E-state index in [1.54, 1.807) is 0 Å². The Bertz CT molecular complexity index is 794. The van der Waals surface area contributed by atoms with Crippen LogP contribution in [0.5, 0.6) is 0 Å². The van der Waals surface area contributed by atoms with Gasteiger partial charge in [-0.2, -0.15) is 0 Å². The van der Waals surface area contributed by atoms with Crippen LogP contribution in [0.25, 0.3) is 21.9 Å². The normalized spacial score (nSPS) is 15.3. The molecule has 19 heavy (non-hydrogen) atoms. The van der Waals surface area contributed by atoms with Crippen LogP contribution in [0.3, 0.4) is 0 Å². The molecule has 0 atom stereocenters. The highest BCUT2D eigenvalue weighted by Gasteiger charge is 2.35. The number of hydrogen-bond donors (Lipinski definition) is 0. The molecule has 92 valence electrons. The molecule has 3 aromatic rings. The molecule has 0 aromatic heterocycles. The largest absolute Gasteiger partial charge is 0.0619 e. The minimum Gasteiger partial charge on any atom is -0.0619 e. The monoisotopic (exact) mass is 244 g/mol. The molecular weight excluding hydrogens is 228 g/mol. The van der Waals surface area contributed by atoms with Crippen molar-refractivity contribution in [1.82, 2.24) is 0 Å². The Labute approximate surface area is 113 Å². The van der Waals surface area contributed by atoms with E-state index in [1.807, 2.05) is 0 Å². The zero-order valence-electron chi connectivity index (χ0n) is 11.3. The SMILES string of the molecule is CC1(C)c2ccccc2-c2c1ccc1ccccc21. The minimum absolute atomic E-state index is 0.107. The average Bonchev–Trinajstić information content (AvgIpc) is 2.68. The van der Waals surface area contributed by atoms with Crippen LogP contribution in [0.15, 0.2) is 60.7 Å². The minimum atomic E-state index is 0.107. The third kappa shape index (κ3) is 1.29. The summed E-state index contributed by atoms with van der Waals surface area (Å²) >= 11 is 0. The molecule has 0 heterocycles. The summed E-state index contributed by atoms with van der Waals surface area (Å²) in [5.74, 6) is 0. The summed E-state index contributed by atoms with van der Waals surface area (Å²) in [7, 11) is 0. The fourth-order valence-electron chi connectivity index (χ4n) is 3.47. The van der Waals surface area contributed by atoms with E-state index in [-0.39, 0.29) is 5.41 Å². The van der Waals surface area contributed by atoms with Crippen molar-refractivity contribution in [3.05, 3.63) is 71.8 Å². The van der Waals surface area contributed by atoms with Crippen molar-refractivity contribution in [3.8, 4) is 11.1 Å². The summed E-state index contributed by atoms with van der Waals surface area (Å²) in [5.41, 5.74) is 5.84. The van der Waals surface area contributed by atoms with E-state index >= 15 is 0 Å². The van der Waals surface area contributed by atoms with E-state index in [1.165, 1.54) is 33.0 Å². The summed E-state index contributed by atoms with van der Waals surface area (Å²) in [6, 6.07) is 22.1. The lowest BCUT2D eigenvalue weighted by molar-refractivity contribution is 0.661. The fraction of sp³-hybridized carbons (Fsp3) is 0.158. The number of benzene rings is 3. The van der Waals surface area contributed by atoms with Gasteiger partial charge in [-0.05, 0) is 33.0 Å². The molecule has 0 saturated carbocycles. The zero-order chi connectivity index (χ0) is 13.0. The topological polar surface area (TPSA) is 0 Å². The molecule has 0 N–H and O–H groups in total. The molecule has 0 unspecified atom stereocenters. The predicted octanol–water partition coefficient (Wildman–Crippen LogP) is 5.15. The quantitative estimate of drug-likeness (QED) is 0.513. The molecular formula is C19H16. The maximum Gasteiger partial charge on any atom is 0.0159 e. The molecule has 0 bridgehead atoms. The van der Waals surface area contributed by atoms with E-state index in [4.69, 9.17) is 0 Å². The number of rotatable bonds is 0. The van der Waals surface area contributed by atoms with Gasteiger partial charge in [0.05, 0.1) is 0 Å². The van der Waals surface area contributed by atoms with Gasteiger partial charge in [0.1, 0.15) is 0 Å². The average molecular weight is 244 g/mol. The van der Waals surface area contributed by atoms with Gasteiger partial charge in [-0.15, -0.1) is 0 Å². The van der Waals surface area contributed by atoms with E-state index in [0.717, 1.165) is 0 Å². The van der Waals surface area contributed by atoms with Crippen molar-refractivity contribution in [2.75, 3.05) is 0 Å². The van der Waals surface area contributed by atoms with Crippen LogP contribution in [-0.2, 0) is 5.41 Å².